The lowest BCUT2D eigenvalue weighted by molar-refractivity contribution is 0.102. The number of benzene rings is 3. The van der Waals surface area contributed by atoms with Crippen LogP contribution in [0.3, 0.4) is 0 Å². The Morgan fingerprint density at radius 3 is 2.07 bits per heavy atom. The maximum atomic E-state index is 12.4. The van der Waals surface area contributed by atoms with Gasteiger partial charge in [-0.1, -0.05) is 18.2 Å². The number of carbonyl (C=O) groups excluding carboxylic acids is 1. The topological polar surface area (TPSA) is 56.8 Å². The quantitative estimate of drug-likeness (QED) is 0.587. The van der Waals surface area contributed by atoms with Gasteiger partial charge in [0.1, 0.15) is 23.9 Å². The second-order valence-electron chi connectivity index (χ2n) is 5.76. The first-order chi connectivity index (χ1) is 13.2. The van der Waals surface area contributed by atoms with Crippen LogP contribution in [0.2, 0.25) is 0 Å². The second kappa shape index (κ2) is 9.40. The number of rotatable bonds is 8. The summed E-state index contributed by atoms with van der Waals surface area (Å²) >= 11 is 0. The molecule has 27 heavy (non-hydrogen) atoms. The van der Waals surface area contributed by atoms with Crippen LogP contribution in [0.4, 0.5) is 5.69 Å². The zero-order valence-corrected chi connectivity index (χ0v) is 15.1. The van der Waals surface area contributed by atoms with E-state index in [0.717, 1.165) is 5.75 Å². The van der Waals surface area contributed by atoms with E-state index in [0.29, 0.717) is 36.0 Å². The summed E-state index contributed by atoms with van der Waals surface area (Å²) in [6, 6.07) is 23.8. The first-order valence-electron chi connectivity index (χ1n) is 8.61. The van der Waals surface area contributed by atoms with Crippen molar-refractivity contribution in [2.45, 2.75) is 0 Å². The Morgan fingerprint density at radius 2 is 1.41 bits per heavy atom. The molecule has 0 aliphatic carbocycles. The fourth-order valence-electron chi connectivity index (χ4n) is 2.38. The molecule has 3 aromatic carbocycles. The molecule has 0 spiro atoms. The van der Waals surface area contributed by atoms with Gasteiger partial charge in [0, 0.05) is 18.4 Å². The minimum absolute atomic E-state index is 0.185. The van der Waals surface area contributed by atoms with E-state index in [-0.39, 0.29) is 5.91 Å². The molecule has 0 unspecified atom stereocenters. The van der Waals surface area contributed by atoms with E-state index in [9.17, 15) is 4.79 Å². The van der Waals surface area contributed by atoms with Crippen LogP contribution in [0.5, 0.6) is 17.2 Å². The van der Waals surface area contributed by atoms with Gasteiger partial charge >= 0.3 is 0 Å². The summed E-state index contributed by atoms with van der Waals surface area (Å²) in [5.74, 6) is 1.99. The highest BCUT2D eigenvalue weighted by molar-refractivity contribution is 6.04. The zero-order chi connectivity index (χ0) is 18.9. The molecule has 1 N–H and O–H groups in total. The van der Waals surface area contributed by atoms with Gasteiger partial charge in [-0.05, 0) is 60.7 Å². The summed E-state index contributed by atoms with van der Waals surface area (Å²) in [5, 5.41) is 2.87. The summed E-state index contributed by atoms with van der Waals surface area (Å²) in [6.07, 6.45) is 0. The smallest absolute Gasteiger partial charge is 0.255 e. The van der Waals surface area contributed by atoms with Crippen molar-refractivity contribution < 1.29 is 19.0 Å². The molecule has 5 heteroatoms. The molecule has 3 aromatic rings. The molecule has 3 rings (SSSR count). The molecule has 0 heterocycles. The van der Waals surface area contributed by atoms with Gasteiger partial charge in [0.15, 0.2) is 0 Å². The predicted molar refractivity (Wildman–Crippen MR) is 105 cm³/mol. The summed E-state index contributed by atoms with van der Waals surface area (Å²) < 4.78 is 16.2. The molecule has 0 radical (unpaired) electrons. The van der Waals surface area contributed by atoms with Crippen LogP contribution in [0, 0.1) is 0 Å². The predicted octanol–water partition coefficient (Wildman–Crippen LogP) is 4.76. The fraction of sp³-hybridized carbons (Fsp3) is 0.136. The van der Waals surface area contributed by atoms with Crippen molar-refractivity contribution in [2.24, 2.45) is 0 Å². The number of methoxy groups -OCH3 is 1. The standard InChI is InChI=1S/C22H21NO4/c1-25-15-16-26-19-11-7-17(8-12-19)22(24)23-18-9-13-21(14-10-18)27-20-5-3-2-4-6-20/h2-14H,15-16H2,1H3,(H,23,24). The molecule has 138 valence electrons. The molecule has 0 atom stereocenters. The third kappa shape index (κ3) is 5.59. The van der Waals surface area contributed by atoms with Gasteiger partial charge in [-0.2, -0.15) is 0 Å². The van der Waals surface area contributed by atoms with Crippen molar-refractivity contribution >= 4 is 11.6 Å². The number of nitrogens with one attached hydrogen (secondary N) is 1. The number of para-hydroxylation sites is 1. The van der Waals surface area contributed by atoms with Gasteiger partial charge in [-0.25, -0.2) is 0 Å². The normalized spacial score (nSPS) is 10.3. The van der Waals surface area contributed by atoms with Crippen molar-refractivity contribution in [3.63, 3.8) is 0 Å². The number of anilines is 1. The van der Waals surface area contributed by atoms with Gasteiger partial charge < -0.3 is 19.5 Å². The highest BCUT2D eigenvalue weighted by Crippen LogP contribution is 2.23. The van der Waals surface area contributed by atoms with Crippen LogP contribution in [-0.4, -0.2) is 26.2 Å². The van der Waals surface area contributed by atoms with E-state index in [1.165, 1.54) is 0 Å². The molecule has 0 aliphatic rings. The van der Waals surface area contributed by atoms with Crippen molar-refractivity contribution in [1.29, 1.82) is 0 Å². The lowest BCUT2D eigenvalue weighted by Gasteiger charge is -2.09. The van der Waals surface area contributed by atoms with Crippen molar-refractivity contribution in [3.8, 4) is 17.2 Å². The Morgan fingerprint density at radius 1 is 0.778 bits per heavy atom. The molecule has 5 nitrogen and oxygen atoms in total. The molecular weight excluding hydrogens is 342 g/mol. The largest absolute Gasteiger partial charge is 0.491 e. The van der Waals surface area contributed by atoms with Crippen molar-refractivity contribution in [2.75, 3.05) is 25.6 Å². The average Bonchev–Trinajstić information content (AvgIpc) is 2.71. The Labute approximate surface area is 158 Å². The van der Waals surface area contributed by atoms with Crippen molar-refractivity contribution in [3.05, 3.63) is 84.4 Å². The molecule has 0 fully saturated rings. The van der Waals surface area contributed by atoms with Crippen LogP contribution in [-0.2, 0) is 4.74 Å². The highest BCUT2D eigenvalue weighted by Gasteiger charge is 2.07. The molecule has 1 amide bonds. The molecule has 0 saturated carbocycles. The lowest BCUT2D eigenvalue weighted by atomic mass is 10.2. The summed E-state index contributed by atoms with van der Waals surface area (Å²) in [4.78, 5) is 12.4. The molecule has 0 saturated heterocycles. The van der Waals surface area contributed by atoms with Crippen LogP contribution in [0.25, 0.3) is 0 Å². The Bertz CT molecular complexity index is 846. The first kappa shape index (κ1) is 18.5. The Hall–Kier alpha value is -3.31. The van der Waals surface area contributed by atoms with E-state index in [1.807, 2.05) is 42.5 Å². The van der Waals surface area contributed by atoms with Crippen molar-refractivity contribution in [1.82, 2.24) is 0 Å². The van der Waals surface area contributed by atoms with Crippen LogP contribution in [0.1, 0.15) is 10.4 Å². The molecule has 0 bridgehead atoms. The zero-order valence-electron chi connectivity index (χ0n) is 15.1. The maximum absolute atomic E-state index is 12.4. The van der Waals surface area contributed by atoms with E-state index in [4.69, 9.17) is 14.2 Å². The molecule has 0 aliphatic heterocycles. The van der Waals surface area contributed by atoms with Gasteiger partial charge in [0.25, 0.3) is 5.91 Å². The highest BCUT2D eigenvalue weighted by atomic mass is 16.5. The number of amides is 1. The third-order valence-corrected chi connectivity index (χ3v) is 3.76. The minimum atomic E-state index is -0.185. The Kier molecular flexibility index (Phi) is 6.44. The van der Waals surface area contributed by atoms with E-state index in [1.54, 1.807) is 43.5 Å². The van der Waals surface area contributed by atoms with E-state index >= 15 is 0 Å². The van der Waals surface area contributed by atoms with Gasteiger partial charge in [0.05, 0.1) is 6.61 Å². The van der Waals surface area contributed by atoms with Gasteiger partial charge in [-0.15, -0.1) is 0 Å². The molecular formula is C22H21NO4. The molecule has 0 aromatic heterocycles. The van der Waals surface area contributed by atoms with Crippen LogP contribution in [0.15, 0.2) is 78.9 Å². The number of carbonyl (C=O) groups is 1. The number of hydrogen-bond donors (Lipinski definition) is 1. The first-order valence-corrected chi connectivity index (χ1v) is 8.61. The third-order valence-electron chi connectivity index (χ3n) is 3.76. The van der Waals surface area contributed by atoms with Gasteiger partial charge in [-0.3, -0.25) is 4.79 Å². The monoisotopic (exact) mass is 363 g/mol. The number of ether oxygens (including phenoxy) is 3. The summed E-state index contributed by atoms with van der Waals surface area (Å²) in [6.45, 7) is 0.992. The second-order valence-corrected chi connectivity index (χ2v) is 5.76. The number of hydrogen-bond acceptors (Lipinski definition) is 4. The summed E-state index contributed by atoms with van der Waals surface area (Å²) in [7, 11) is 1.62. The van der Waals surface area contributed by atoms with Crippen LogP contribution >= 0.6 is 0 Å². The fourth-order valence-corrected chi connectivity index (χ4v) is 2.38. The Balaban J connectivity index is 1.55. The van der Waals surface area contributed by atoms with Crippen LogP contribution < -0.4 is 14.8 Å². The maximum Gasteiger partial charge on any atom is 0.255 e. The van der Waals surface area contributed by atoms with Gasteiger partial charge in [0.2, 0.25) is 0 Å². The SMILES string of the molecule is COCCOc1ccc(C(=O)Nc2ccc(Oc3ccccc3)cc2)cc1. The van der Waals surface area contributed by atoms with E-state index in [2.05, 4.69) is 5.32 Å². The lowest BCUT2D eigenvalue weighted by Crippen LogP contribution is -2.11. The average molecular weight is 363 g/mol. The van der Waals surface area contributed by atoms with E-state index < -0.39 is 0 Å². The minimum Gasteiger partial charge on any atom is -0.491 e. The summed E-state index contributed by atoms with van der Waals surface area (Å²) in [5.41, 5.74) is 1.25.